The predicted octanol–water partition coefficient (Wildman–Crippen LogP) is 16.7. The van der Waals surface area contributed by atoms with Crippen molar-refractivity contribution in [2.75, 3.05) is 13.2 Å². The molecule has 0 saturated carbocycles. The van der Waals surface area contributed by atoms with Crippen molar-refractivity contribution in [1.29, 1.82) is 0 Å². The van der Waals surface area contributed by atoms with Crippen molar-refractivity contribution in [3.63, 3.8) is 0 Å². The van der Waals surface area contributed by atoms with E-state index in [1.54, 1.807) is 0 Å². The molecule has 0 radical (unpaired) electrons. The van der Waals surface area contributed by atoms with Gasteiger partial charge < -0.3 is 14.2 Å². The van der Waals surface area contributed by atoms with Crippen LogP contribution in [0.1, 0.15) is 194 Å². The standard InChI is InChI=1S/C58H90O6/c1-4-7-10-13-16-19-22-25-27-28-29-30-31-34-36-39-42-45-48-51-57(60)63-54-55(53-62-56(59)50-47-44-41-38-35-32-24-21-18-15-12-9-6-3)64-58(61)52-49-46-43-40-37-33-26-23-20-17-14-11-8-5-2/h7-12,15-21,24-25,27,29-30,34,36,42,45,55H,4-6,13-14,22-23,26,28,31-33,35,37-41,43-44,46-54H2,1-3H3/b10-7-,11-8-,12-9-,18-15-,19-16-,20-17-,24-21-,27-25-,30-29-,36-34-,45-42-. The molecule has 0 aromatic carbocycles. The van der Waals surface area contributed by atoms with Gasteiger partial charge in [-0.3, -0.25) is 14.4 Å². The van der Waals surface area contributed by atoms with Crippen molar-refractivity contribution in [2.24, 2.45) is 0 Å². The van der Waals surface area contributed by atoms with Gasteiger partial charge in [0.15, 0.2) is 6.10 Å². The maximum atomic E-state index is 12.8. The lowest BCUT2D eigenvalue weighted by molar-refractivity contribution is -0.166. The highest BCUT2D eigenvalue weighted by Gasteiger charge is 2.19. The second-order valence-corrected chi connectivity index (χ2v) is 16.0. The van der Waals surface area contributed by atoms with E-state index in [0.29, 0.717) is 19.3 Å². The molecule has 0 amide bonds. The zero-order valence-electron chi connectivity index (χ0n) is 40.7. The van der Waals surface area contributed by atoms with E-state index in [9.17, 15) is 14.4 Å². The lowest BCUT2D eigenvalue weighted by atomic mass is 10.1. The molecule has 0 aliphatic carbocycles. The van der Waals surface area contributed by atoms with Crippen LogP contribution in [0, 0.1) is 0 Å². The van der Waals surface area contributed by atoms with Crippen LogP contribution in [-0.4, -0.2) is 37.2 Å². The van der Waals surface area contributed by atoms with Gasteiger partial charge in [-0.1, -0.05) is 206 Å². The Bertz CT molecular complexity index is 1430. The number of ether oxygens (including phenoxy) is 3. The SMILES string of the molecule is CC\C=C/C=C\C=C/CCCCCCCC(=O)OCC(COC(=O)CC/C=C\C/C=C\C/C=C\C/C=C\C/C=C\C/C=C\CC)OC(=O)CCCCCCCCC/C=C\C/C=C\CC. The summed E-state index contributed by atoms with van der Waals surface area (Å²) in [7, 11) is 0. The zero-order valence-corrected chi connectivity index (χ0v) is 40.7. The highest BCUT2D eigenvalue weighted by molar-refractivity contribution is 5.71. The Morgan fingerprint density at radius 2 is 0.672 bits per heavy atom. The molecule has 0 aromatic heterocycles. The van der Waals surface area contributed by atoms with E-state index in [1.165, 1.54) is 19.3 Å². The average Bonchev–Trinajstić information content (AvgIpc) is 3.29. The van der Waals surface area contributed by atoms with Crippen LogP contribution in [0.5, 0.6) is 0 Å². The number of hydrogen-bond donors (Lipinski definition) is 0. The molecule has 6 nitrogen and oxygen atoms in total. The van der Waals surface area contributed by atoms with Crippen LogP contribution < -0.4 is 0 Å². The van der Waals surface area contributed by atoms with Gasteiger partial charge >= 0.3 is 17.9 Å². The van der Waals surface area contributed by atoms with E-state index in [-0.39, 0.29) is 37.5 Å². The topological polar surface area (TPSA) is 78.9 Å². The lowest BCUT2D eigenvalue weighted by Gasteiger charge is -2.18. The summed E-state index contributed by atoms with van der Waals surface area (Å²) in [5.74, 6) is -1.05. The van der Waals surface area contributed by atoms with Crippen molar-refractivity contribution in [1.82, 2.24) is 0 Å². The molecular formula is C58H90O6. The van der Waals surface area contributed by atoms with Crippen LogP contribution in [0.4, 0.5) is 0 Å². The van der Waals surface area contributed by atoms with Gasteiger partial charge in [-0.05, 0) is 103 Å². The molecule has 358 valence electrons. The van der Waals surface area contributed by atoms with E-state index in [1.807, 2.05) is 18.2 Å². The summed E-state index contributed by atoms with van der Waals surface area (Å²) in [6, 6.07) is 0. The maximum absolute atomic E-state index is 12.8. The van der Waals surface area contributed by atoms with Crippen LogP contribution in [-0.2, 0) is 28.6 Å². The van der Waals surface area contributed by atoms with Crippen molar-refractivity contribution in [3.8, 4) is 0 Å². The first-order valence-corrected chi connectivity index (χ1v) is 25.2. The van der Waals surface area contributed by atoms with E-state index in [0.717, 1.165) is 128 Å². The Balaban J connectivity index is 4.56. The Labute approximate surface area is 392 Å². The molecule has 0 spiro atoms. The Morgan fingerprint density at radius 1 is 0.328 bits per heavy atom. The van der Waals surface area contributed by atoms with Crippen LogP contribution in [0.15, 0.2) is 134 Å². The molecule has 0 fully saturated rings. The minimum atomic E-state index is -0.825. The van der Waals surface area contributed by atoms with Gasteiger partial charge in [-0.25, -0.2) is 0 Å². The number of carbonyl (C=O) groups is 3. The highest BCUT2D eigenvalue weighted by Crippen LogP contribution is 2.13. The van der Waals surface area contributed by atoms with Gasteiger partial charge in [-0.15, -0.1) is 0 Å². The summed E-state index contributed by atoms with van der Waals surface area (Å²) in [6.07, 6.45) is 71.6. The molecule has 0 saturated heterocycles. The first-order chi connectivity index (χ1) is 31.5. The fourth-order valence-corrected chi connectivity index (χ4v) is 6.27. The molecule has 0 heterocycles. The third-order valence-electron chi connectivity index (χ3n) is 9.96. The quantitative estimate of drug-likeness (QED) is 0.0200. The van der Waals surface area contributed by atoms with E-state index >= 15 is 0 Å². The molecule has 64 heavy (non-hydrogen) atoms. The number of rotatable bonds is 43. The third-order valence-corrected chi connectivity index (χ3v) is 9.96. The highest BCUT2D eigenvalue weighted by atomic mass is 16.6. The minimum absolute atomic E-state index is 0.120. The van der Waals surface area contributed by atoms with E-state index < -0.39 is 6.10 Å². The molecule has 0 bridgehead atoms. The maximum Gasteiger partial charge on any atom is 0.306 e. The minimum Gasteiger partial charge on any atom is -0.462 e. The normalized spacial score (nSPS) is 13.2. The Morgan fingerprint density at radius 3 is 1.14 bits per heavy atom. The van der Waals surface area contributed by atoms with Gasteiger partial charge in [0.1, 0.15) is 13.2 Å². The largest absolute Gasteiger partial charge is 0.462 e. The van der Waals surface area contributed by atoms with Gasteiger partial charge in [0.05, 0.1) is 0 Å². The molecule has 0 aliphatic heterocycles. The summed E-state index contributed by atoms with van der Waals surface area (Å²) in [5, 5.41) is 0. The molecule has 0 aromatic rings. The van der Waals surface area contributed by atoms with Crippen LogP contribution in [0.25, 0.3) is 0 Å². The molecular weight excluding hydrogens is 793 g/mol. The number of unbranched alkanes of at least 4 members (excludes halogenated alkanes) is 12. The second-order valence-electron chi connectivity index (χ2n) is 16.0. The van der Waals surface area contributed by atoms with Gasteiger partial charge in [0.2, 0.25) is 0 Å². The van der Waals surface area contributed by atoms with Crippen LogP contribution in [0.2, 0.25) is 0 Å². The Hall–Kier alpha value is -4.45. The number of carbonyl (C=O) groups excluding carboxylic acids is 3. The average molecular weight is 883 g/mol. The number of allylic oxidation sites excluding steroid dienone is 22. The van der Waals surface area contributed by atoms with Gasteiger partial charge in [-0.2, -0.15) is 0 Å². The summed E-state index contributed by atoms with van der Waals surface area (Å²) in [5.41, 5.74) is 0. The zero-order chi connectivity index (χ0) is 46.5. The second kappa shape index (κ2) is 51.2. The molecule has 0 N–H and O–H groups in total. The molecule has 1 unspecified atom stereocenters. The number of hydrogen-bond acceptors (Lipinski definition) is 6. The lowest BCUT2D eigenvalue weighted by Crippen LogP contribution is -2.30. The van der Waals surface area contributed by atoms with Gasteiger partial charge in [0, 0.05) is 19.3 Å². The Kier molecular flexibility index (Phi) is 47.6. The van der Waals surface area contributed by atoms with E-state index in [2.05, 4.69) is 136 Å². The summed E-state index contributed by atoms with van der Waals surface area (Å²) >= 11 is 0. The monoisotopic (exact) mass is 883 g/mol. The van der Waals surface area contributed by atoms with Gasteiger partial charge in [0.25, 0.3) is 0 Å². The smallest absolute Gasteiger partial charge is 0.306 e. The summed E-state index contributed by atoms with van der Waals surface area (Å²) in [6.45, 7) is 6.17. The number of esters is 3. The third kappa shape index (κ3) is 48.6. The summed E-state index contributed by atoms with van der Waals surface area (Å²) in [4.78, 5) is 37.9. The predicted molar refractivity (Wildman–Crippen MR) is 274 cm³/mol. The van der Waals surface area contributed by atoms with Crippen molar-refractivity contribution in [2.45, 2.75) is 200 Å². The summed E-state index contributed by atoms with van der Waals surface area (Å²) < 4.78 is 16.7. The van der Waals surface area contributed by atoms with Crippen molar-refractivity contribution >= 4 is 17.9 Å². The van der Waals surface area contributed by atoms with E-state index in [4.69, 9.17) is 14.2 Å². The fourth-order valence-electron chi connectivity index (χ4n) is 6.27. The van der Waals surface area contributed by atoms with Crippen LogP contribution >= 0.6 is 0 Å². The fraction of sp³-hybridized carbons (Fsp3) is 0.569. The van der Waals surface area contributed by atoms with Crippen molar-refractivity contribution < 1.29 is 28.6 Å². The first kappa shape index (κ1) is 59.5. The molecule has 0 rings (SSSR count). The molecule has 0 aliphatic rings. The van der Waals surface area contributed by atoms with Crippen LogP contribution in [0.3, 0.4) is 0 Å². The first-order valence-electron chi connectivity index (χ1n) is 25.2. The van der Waals surface area contributed by atoms with Crippen molar-refractivity contribution in [3.05, 3.63) is 134 Å². The molecule has 1 atom stereocenters. The molecule has 6 heteroatoms.